The highest BCUT2D eigenvalue weighted by atomic mass is 32.2. The van der Waals surface area contributed by atoms with E-state index in [4.69, 9.17) is 0 Å². The number of amides is 1. The Morgan fingerprint density at radius 1 is 1.25 bits per heavy atom. The van der Waals surface area contributed by atoms with Crippen LogP contribution in [0.2, 0.25) is 0 Å². The summed E-state index contributed by atoms with van der Waals surface area (Å²) in [6, 6.07) is 5.18. The van der Waals surface area contributed by atoms with Crippen molar-refractivity contribution < 1.29 is 13.2 Å². The van der Waals surface area contributed by atoms with Gasteiger partial charge in [0.15, 0.2) is 0 Å². The van der Waals surface area contributed by atoms with Crippen molar-refractivity contribution in [3.63, 3.8) is 0 Å². The predicted octanol–water partition coefficient (Wildman–Crippen LogP) is 3.02. The molecule has 1 saturated carbocycles. The molecule has 2 aromatic rings. The Morgan fingerprint density at radius 2 is 2.04 bits per heavy atom. The van der Waals surface area contributed by atoms with E-state index in [9.17, 15) is 13.2 Å². The fraction of sp³-hybridized carbons (Fsp3) is 0.500. The molecule has 0 bridgehead atoms. The summed E-state index contributed by atoms with van der Waals surface area (Å²) in [6.07, 6.45) is 5.83. The second-order valence-corrected chi connectivity index (χ2v) is 10.4. The van der Waals surface area contributed by atoms with E-state index in [2.05, 4.69) is 15.0 Å². The van der Waals surface area contributed by atoms with Crippen LogP contribution in [0.5, 0.6) is 0 Å². The van der Waals surface area contributed by atoms with Gasteiger partial charge in [-0.1, -0.05) is 18.9 Å². The number of aromatic nitrogens is 1. The SMILES string of the molecule is Cc1nc(CC(=O)NC2CCc3ccc(S(=O)(=O)NC4CCCC4)cc32)cs1. The molecule has 1 aromatic heterocycles. The molecule has 2 aliphatic rings. The van der Waals surface area contributed by atoms with Crippen molar-refractivity contribution in [2.24, 2.45) is 0 Å². The van der Waals surface area contributed by atoms with Gasteiger partial charge in [-0.25, -0.2) is 18.1 Å². The third-order valence-electron chi connectivity index (χ3n) is 5.53. The van der Waals surface area contributed by atoms with Crippen molar-refractivity contribution in [3.8, 4) is 0 Å². The van der Waals surface area contributed by atoms with Crippen LogP contribution in [-0.2, 0) is 27.7 Å². The summed E-state index contributed by atoms with van der Waals surface area (Å²) >= 11 is 1.53. The molecule has 0 radical (unpaired) electrons. The van der Waals surface area contributed by atoms with Gasteiger partial charge in [0, 0.05) is 11.4 Å². The summed E-state index contributed by atoms with van der Waals surface area (Å²) in [5, 5.41) is 5.90. The Bertz CT molecular complexity index is 978. The lowest BCUT2D eigenvalue weighted by Crippen LogP contribution is -2.33. The molecule has 1 amide bonds. The molecule has 0 spiro atoms. The monoisotopic (exact) mass is 419 g/mol. The minimum absolute atomic E-state index is 0.0373. The Kier molecular flexibility index (Phi) is 5.53. The molecular formula is C20H25N3O3S2. The first kappa shape index (κ1) is 19.5. The first-order valence-corrected chi connectivity index (χ1v) is 12.1. The van der Waals surface area contributed by atoms with Gasteiger partial charge < -0.3 is 5.32 Å². The van der Waals surface area contributed by atoms with E-state index >= 15 is 0 Å². The number of benzene rings is 1. The van der Waals surface area contributed by atoms with Crippen molar-refractivity contribution in [1.29, 1.82) is 0 Å². The fourth-order valence-corrected chi connectivity index (χ4v) is 6.08. The lowest BCUT2D eigenvalue weighted by molar-refractivity contribution is -0.121. The maximum absolute atomic E-state index is 12.8. The molecule has 2 aliphatic carbocycles. The van der Waals surface area contributed by atoms with Crippen molar-refractivity contribution in [3.05, 3.63) is 45.4 Å². The quantitative estimate of drug-likeness (QED) is 0.753. The summed E-state index contributed by atoms with van der Waals surface area (Å²) in [5.41, 5.74) is 2.79. The van der Waals surface area contributed by atoms with E-state index < -0.39 is 10.0 Å². The van der Waals surface area contributed by atoms with E-state index in [1.807, 2.05) is 18.4 Å². The molecular weight excluding hydrogens is 394 g/mol. The average Bonchev–Trinajstić information content (AvgIpc) is 3.37. The van der Waals surface area contributed by atoms with Crippen LogP contribution >= 0.6 is 11.3 Å². The zero-order valence-electron chi connectivity index (χ0n) is 15.9. The molecule has 8 heteroatoms. The zero-order chi connectivity index (χ0) is 19.7. The number of thiazole rings is 1. The number of hydrogen-bond donors (Lipinski definition) is 2. The molecule has 1 aromatic carbocycles. The first-order valence-electron chi connectivity index (χ1n) is 9.76. The molecule has 2 N–H and O–H groups in total. The second kappa shape index (κ2) is 7.93. The van der Waals surface area contributed by atoms with Gasteiger partial charge in [-0.05, 0) is 55.9 Å². The standard InChI is InChI=1S/C20H25N3O3S2/c1-13-21-16(12-27-13)10-20(24)22-19-9-7-14-6-8-17(11-18(14)19)28(25,26)23-15-4-2-3-5-15/h6,8,11-12,15,19,23H,2-5,7,9-10H2,1H3,(H,22,24). The molecule has 4 rings (SSSR count). The van der Waals surface area contributed by atoms with Crippen LogP contribution in [0.3, 0.4) is 0 Å². The summed E-state index contributed by atoms with van der Waals surface area (Å²) in [7, 11) is -3.53. The van der Waals surface area contributed by atoms with Gasteiger partial charge in [-0.15, -0.1) is 11.3 Å². The minimum Gasteiger partial charge on any atom is -0.349 e. The lowest BCUT2D eigenvalue weighted by Gasteiger charge is -2.16. The van der Waals surface area contributed by atoms with E-state index in [1.165, 1.54) is 11.3 Å². The van der Waals surface area contributed by atoms with Crippen LogP contribution in [-0.4, -0.2) is 25.4 Å². The van der Waals surface area contributed by atoms with Crippen molar-refractivity contribution in [1.82, 2.24) is 15.0 Å². The van der Waals surface area contributed by atoms with Crippen LogP contribution in [0.25, 0.3) is 0 Å². The van der Waals surface area contributed by atoms with Crippen molar-refractivity contribution in [2.75, 3.05) is 0 Å². The van der Waals surface area contributed by atoms with Gasteiger partial charge in [-0.2, -0.15) is 0 Å². The number of sulfonamides is 1. The van der Waals surface area contributed by atoms with Gasteiger partial charge >= 0.3 is 0 Å². The number of carbonyl (C=O) groups excluding carboxylic acids is 1. The van der Waals surface area contributed by atoms with Crippen LogP contribution in [0.4, 0.5) is 0 Å². The minimum atomic E-state index is -3.53. The molecule has 0 aliphatic heterocycles. The largest absolute Gasteiger partial charge is 0.349 e. The van der Waals surface area contributed by atoms with Gasteiger partial charge in [0.05, 0.1) is 28.1 Å². The van der Waals surface area contributed by atoms with Gasteiger partial charge in [-0.3, -0.25) is 4.79 Å². The smallest absolute Gasteiger partial charge is 0.240 e. The Hall–Kier alpha value is -1.77. The van der Waals surface area contributed by atoms with Gasteiger partial charge in [0.2, 0.25) is 15.9 Å². The highest BCUT2D eigenvalue weighted by Crippen LogP contribution is 2.33. The zero-order valence-corrected chi connectivity index (χ0v) is 17.5. The van der Waals surface area contributed by atoms with E-state index in [-0.39, 0.29) is 29.3 Å². The molecule has 1 fully saturated rings. The third-order valence-corrected chi connectivity index (χ3v) is 7.87. The molecule has 28 heavy (non-hydrogen) atoms. The first-order chi connectivity index (χ1) is 13.4. The summed E-state index contributed by atoms with van der Waals surface area (Å²) < 4.78 is 28.3. The summed E-state index contributed by atoms with van der Waals surface area (Å²) in [5.74, 6) is -0.0829. The molecule has 1 unspecified atom stereocenters. The average molecular weight is 420 g/mol. The highest BCUT2D eigenvalue weighted by molar-refractivity contribution is 7.89. The van der Waals surface area contributed by atoms with Gasteiger partial charge in [0.25, 0.3) is 0 Å². The Morgan fingerprint density at radius 3 is 2.75 bits per heavy atom. The molecule has 150 valence electrons. The van der Waals surface area contributed by atoms with E-state index in [0.717, 1.165) is 60.4 Å². The van der Waals surface area contributed by atoms with Gasteiger partial charge in [0.1, 0.15) is 0 Å². The van der Waals surface area contributed by atoms with Crippen molar-refractivity contribution >= 4 is 27.3 Å². The Balaban J connectivity index is 1.47. The maximum Gasteiger partial charge on any atom is 0.240 e. The molecule has 6 nitrogen and oxygen atoms in total. The van der Waals surface area contributed by atoms with Crippen LogP contribution in [0.1, 0.15) is 60.0 Å². The number of hydrogen-bond acceptors (Lipinski definition) is 5. The fourth-order valence-electron chi connectivity index (χ4n) is 4.13. The molecule has 1 atom stereocenters. The highest BCUT2D eigenvalue weighted by Gasteiger charge is 2.28. The van der Waals surface area contributed by atoms with E-state index in [1.54, 1.807) is 12.1 Å². The number of aryl methyl sites for hydroxylation is 2. The topological polar surface area (TPSA) is 88.2 Å². The summed E-state index contributed by atoms with van der Waals surface area (Å²) in [6.45, 7) is 1.92. The molecule has 0 saturated heterocycles. The summed E-state index contributed by atoms with van der Waals surface area (Å²) in [4.78, 5) is 17.0. The normalized spacial score (nSPS) is 19.7. The Labute approximate surface area is 169 Å². The molecule has 1 heterocycles. The number of nitrogens with zero attached hydrogens (tertiary/aromatic N) is 1. The number of fused-ring (bicyclic) bond motifs is 1. The third kappa shape index (κ3) is 4.29. The van der Waals surface area contributed by atoms with Crippen molar-refractivity contribution in [2.45, 2.75) is 68.8 Å². The maximum atomic E-state index is 12.8. The van der Waals surface area contributed by atoms with Crippen LogP contribution in [0.15, 0.2) is 28.5 Å². The van der Waals surface area contributed by atoms with E-state index in [0.29, 0.717) is 0 Å². The number of carbonyl (C=O) groups is 1. The van der Waals surface area contributed by atoms with Crippen LogP contribution in [0, 0.1) is 6.92 Å². The van der Waals surface area contributed by atoms with Crippen LogP contribution < -0.4 is 10.0 Å². The number of rotatable bonds is 6. The lowest BCUT2D eigenvalue weighted by atomic mass is 10.1. The number of nitrogens with one attached hydrogen (secondary N) is 2. The second-order valence-electron chi connectivity index (χ2n) is 7.66. The predicted molar refractivity (Wildman–Crippen MR) is 109 cm³/mol.